The second kappa shape index (κ2) is 11.8. The van der Waals surface area contributed by atoms with Crippen LogP contribution in [0.4, 0.5) is 5.13 Å². The summed E-state index contributed by atoms with van der Waals surface area (Å²) in [6, 6.07) is 10.2. The lowest BCUT2D eigenvalue weighted by molar-refractivity contribution is -0.121. The number of anilines is 1. The Labute approximate surface area is 182 Å². The number of amides is 2. The molecule has 2 N–H and O–H groups in total. The number of nitrogens with one attached hydrogen (secondary N) is 2. The number of hydrogen-bond donors (Lipinski definition) is 2. The minimum Gasteiger partial charge on any atom is -0.356 e. The number of aromatic nitrogens is 2. The van der Waals surface area contributed by atoms with Gasteiger partial charge in [-0.25, -0.2) is 0 Å². The zero-order chi connectivity index (χ0) is 21.2. The Balaban J connectivity index is 1.27. The van der Waals surface area contributed by atoms with Crippen LogP contribution in [-0.2, 0) is 22.4 Å². The minimum absolute atomic E-state index is 0.0932. The third kappa shape index (κ3) is 7.50. The molecule has 2 heterocycles. The van der Waals surface area contributed by atoms with Crippen molar-refractivity contribution in [3.05, 3.63) is 40.9 Å². The molecular weight excluding hydrogens is 398 g/mol. The third-order valence-corrected chi connectivity index (χ3v) is 6.33. The van der Waals surface area contributed by atoms with E-state index in [4.69, 9.17) is 0 Å². The van der Waals surface area contributed by atoms with Crippen LogP contribution in [0.2, 0.25) is 0 Å². The number of unbranched alkanes of at least 4 members (excludes halogenated alkanes) is 1. The van der Waals surface area contributed by atoms with Crippen molar-refractivity contribution in [2.24, 2.45) is 0 Å². The van der Waals surface area contributed by atoms with Crippen LogP contribution in [0.15, 0.2) is 30.3 Å². The first-order valence-corrected chi connectivity index (χ1v) is 11.5. The smallest absolute Gasteiger partial charge is 0.230 e. The molecule has 2 amide bonds. The third-order valence-electron chi connectivity index (χ3n) is 5.44. The molecule has 3 rings (SSSR count). The summed E-state index contributed by atoms with van der Waals surface area (Å²) in [6.45, 7) is 1.93. The fourth-order valence-corrected chi connectivity index (χ4v) is 4.52. The van der Waals surface area contributed by atoms with Crippen LogP contribution in [0.25, 0.3) is 0 Å². The van der Waals surface area contributed by atoms with Gasteiger partial charge in [-0.2, -0.15) is 0 Å². The summed E-state index contributed by atoms with van der Waals surface area (Å²) in [5, 5.41) is 15.4. The van der Waals surface area contributed by atoms with Gasteiger partial charge in [0, 0.05) is 25.4 Å². The lowest BCUT2D eigenvalue weighted by atomic mass is 10.1. The van der Waals surface area contributed by atoms with E-state index in [0.717, 1.165) is 42.8 Å². The van der Waals surface area contributed by atoms with Crippen molar-refractivity contribution in [1.82, 2.24) is 20.4 Å². The highest BCUT2D eigenvalue weighted by Crippen LogP contribution is 2.18. The van der Waals surface area contributed by atoms with Gasteiger partial charge in [0.2, 0.25) is 16.9 Å². The molecule has 0 spiro atoms. The molecular formula is C22H31N5O2S. The summed E-state index contributed by atoms with van der Waals surface area (Å²) < 4.78 is 0. The monoisotopic (exact) mass is 429 g/mol. The first kappa shape index (κ1) is 22.4. The second-order valence-corrected chi connectivity index (χ2v) is 8.90. The summed E-state index contributed by atoms with van der Waals surface area (Å²) in [6.07, 6.45) is 6.87. The predicted molar refractivity (Wildman–Crippen MR) is 120 cm³/mol. The normalized spacial score (nSPS) is 16.5. The van der Waals surface area contributed by atoms with Crippen LogP contribution in [0.5, 0.6) is 0 Å². The zero-order valence-electron chi connectivity index (χ0n) is 17.6. The summed E-state index contributed by atoms with van der Waals surface area (Å²) in [7, 11) is 2.16. The molecule has 0 bridgehead atoms. The zero-order valence-corrected chi connectivity index (χ0v) is 18.4. The number of likely N-dealkylation sites (tertiary alicyclic amines) is 1. The largest absolute Gasteiger partial charge is 0.356 e. The maximum Gasteiger partial charge on any atom is 0.230 e. The standard InChI is InChI=1S/C22H31N5O2S/c1-27-15-7-10-18(27)13-14-23-19(28)11-5-6-12-21-25-26-22(30-21)24-20(29)16-17-8-3-2-4-9-17/h2-4,8-9,18H,5-7,10-16H2,1H3,(H,23,28)(H,24,26,29). The molecule has 1 fully saturated rings. The molecule has 1 aromatic carbocycles. The predicted octanol–water partition coefficient (Wildman–Crippen LogP) is 3.03. The molecule has 0 saturated carbocycles. The van der Waals surface area contributed by atoms with Crippen LogP contribution in [0.3, 0.4) is 0 Å². The molecule has 8 heteroatoms. The van der Waals surface area contributed by atoms with E-state index in [1.54, 1.807) is 0 Å². The molecule has 1 atom stereocenters. The number of aryl methyl sites for hydroxylation is 1. The summed E-state index contributed by atoms with van der Waals surface area (Å²) in [5.41, 5.74) is 0.966. The van der Waals surface area contributed by atoms with Crippen molar-refractivity contribution in [2.45, 2.75) is 57.4 Å². The Morgan fingerprint density at radius 3 is 2.77 bits per heavy atom. The van der Waals surface area contributed by atoms with Crippen molar-refractivity contribution < 1.29 is 9.59 Å². The van der Waals surface area contributed by atoms with E-state index in [-0.39, 0.29) is 11.8 Å². The first-order valence-electron chi connectivity index (χ1n) is 10.7. The SMILES string of the molecule is CN1CCCC1CCNC(=O)CCCCc1nnc(NC(=O)Cc2ccccc2)s1. The molecule has 0 radical (unpaired) electrons. The number of nitrogens with zero attached hydrogens (tertiary/aromatic N) is 3. The van der Waals surface area contributed by atoms with Crippen molar-refractivity contribution in [3.8, 4) is 0 Å². The van der Waals surface area contributed by atoms with Gasteiger partial charge in [-0.3, -0.25) is 9.59 Å². The van der Waals surface area contributed by atoms with E-state index in [9.17, 15) is 9.59 Å². The maximum absolute atomic E-state index is 12.1. The average Bonchev–Trinajstić information content (AvgIpc) is 3.35. The first-order chi connectivity index (χ1) is 14.6. The van der Waals surface area contributed by atoms with E-state index < -0.39 is 0 Å². The molecule has 1 aliphatic rings. The van der Waals surface area contributed by atoms with Crippen molar-refractivity contribution in [2.75, 3.05) is 25.5 Å². The van der Waals surface area contributed by atoms with Gasteiger partial charge in [0.25, 0.3) is 0 Å². The quantitative estimate of drug-likeness (QED) is 0.536. The van der Waals surface area contributed by atoms with Crippen molar-refractivity contribution >= 4 is 28.3 Å². The van der Waals surface area contributed by atoms with Gasteiger partial charge in [0.05, 0.1) is 6.42 Å². The van der Waals surface area contributed by atoms with E-state index in [0.29, 0.717) is 24.0 Å². The number of benzene rings is 1. The van der Waals surface area contributed by atoms with Gasteiger partial charge >= 0.3 is 0 Å². The number of rotatable bonds is 11. The Morgan fingerprint density at radius 1 is 1.17 bits per heavy atom. The lowest BCUT2D eigenvalue weighted by Crippen LogP contribution is -2.31. The van der Waals surface area contributed by atoms with Crippen LogP contribution in [0, 0.1) is 0 Å². The summed E-state index contributed by atoms with van der Waals surface area (Å²) >= 11 is 1.40. The molecule has 1 aliphatic heterocycles. The molecule has 162 valence electrons. The number of carbonyl (C=O) groups excluding carboxylic acids is 2. The summed E-state index contributed by atoms with van der Waals surface area (Å²) in [4.78, 5) is 26.5. The molecule has 0 aliphatic carbocycles. The van der Waals surface area contributed by atoms with Gasteiger partial charge in [-0.1, -0.05) is 41.7 Å². The molecule has 7 nitrogen and oxygen atoms in total. The molecule has 1 saturated heterocycles. The van der Waals surface area contributed by atoms with Crippen LogP contribution < -0.4 is 10.6 Å². The Kier molecular flexibility index (Phi) is 8.77. The van der Waals surface area contributed by atoms with Gasteiger partial charge in [-0.15, -0.1) is 10.2 Å². The highest BCUT2D eigenvalue weighted by atomic mass is 32.1. The fourth-order valence-electron chi connectivity index (χ4n) is 3.72. The van der Waals surface area contributed by atoms with Gasteiger partial charge < -0.3 is 15.5 Å². The number of hydrogen-bond acceptors (Lipinski definition) is 6. The Bertz CT molecular complexity index is 811. The van der Waals surface area contributed by atoms with Crippen LogP contribution >= 0.6 is 11.3 Å². The van der Waals surface area contributed by atoms with Gasteiger partial charge in [0.1, 0.15) is 5.01 Å². The summed E-state index contributed by atoms with van der Waals surface area (Å²) in [5.74, 6) is 0.0335. The topological polar surface area (TPSA) is 87.2 Å². The average molecular weight is 430 g/mol. The van der Waals surface area contributed by atoms with E-state index in [1.807, 2.05) is 30.3 Å². The lowest BCUT2D eigenvalue weighted by Gasteiger charge is -2.19. The molecule has 1 unspecified atom stereocenters. The van der Waals surface area contributed by atoms with Crippen molar-refractivity contribution in [1.29, 1.82) is 0 Å². The van der Waals surface area contributed by atoms with E-state index in [1.165, 1.54) is 30.7 Å². The van der Waals surface area contributed by atoms with Crippen molar-refractivity contribution in [3.63, 3.8) is 0 Å². The van der Waals surface area contributed by atoms with Gasteiger partial charge in [0.15, 0.2) is 0 Å². The highest BCUT2D eigenvalue weighted by Gasteiger charge is 2.20. The van der Waals surface area contributed by atoms with E-state index >= 15 is 0 Å². The Morgan fingerprint density at radius 2 is 2.00 bits per heavy atom. The number of carbonyl (C=O) groups is 2. The molecule has 1 aromatic heterocycles. The van der Waals surface area contributed by atoms with Crippen LogP contribution in [0.1, 0.15) is 49.1 Å². The van der Waals surface area contributed by atoms with Gasteiger partial charge in [-0.05, 0) is 51.3 Å². The van der Waals surface area contributed by atoms with Crippen LogP contribution in [-0.4, -0.2) is 53.1 Å². The molecule has 30 heavy (non-hydrogen) atoms. The Hall–Kier alpha value is -2.32. The second-order valence-electron chi connectivity index (χ2n) is 7.83. The molecule has 2 aromatic rings. The maximum atomic E-state index is 12.1. The minimum atomic E-state index is -0.0932. The highest BCUT2D eigenvalue weighted by molar-refractivity contribution is 7.15. The fraction of sp³-hybridized carbons (Fsp3) is 0.545. The van der Waals surface area contributed by atoms with E-state index in [2.05, 4.69) is 32.8 Å².